The Morgan fingerprint density at radius 1 is 0.514 bits per heavy atom. The van der Waals surface area contributed by atoms with Gasteiger partial charge in [0, 0.05) is 96.7 Å². The van der Waals surface area contributed by atoms with Crippen molar-refractivity contribution in [3.8, 4) is 22.3 Å². The fourth-order valence-electron chi connectivity index (χ4n) is 11.7. The zero-order valence-corrected chi connectivity index (χ0v) is 42.0. The number of allylic oxidation sites excluding steroid dienone is 2. The standard InChI is InChI=1S/2C30H31N3O4/c2*1-3-8-21-13-16-25-27-23(17-32(25)30(21)37)24(18-34)28(33(27)26(35)4-2)29(36)31-22-14-11-20(12-15-22)19-9-6-5-7-10-19/h2*3,5-16,23-24,27-28,34H,4,17-18H2,1-2H3,(H,31,36)/b8-3+;8-3-/t2*23-,24-,27+,28-/m11/s1. The van der Waals surface area contributed by atoms with E-state index in [0.717, 1.165) is 22.3 Å². The van der Waals surface area contributed by atoms with Gasteiger partial charge in [0.25, 0.3) is 11.1 Å². The predicted octanol–water partition coefficient (Wildman–Crippen LogP) is 8.17. The summed E-state index contributed by atoms with van der Waals surface area (Å²) in [5.41, 5.74) is 7.80. The smallest absolute Gasteiger partial charge is 0.258 e. The van der Waals surface area contributed by atoms with E-state index in [0.29, 0.717) is 47.0 Å². The van der Waals surface area contributed by atoms with Crippen molar-refractivity contribution >= 4 is 47.2 Å². The summed E-state index contributed by atoms with van der Waals surface area (Å²) in [5.74, 6) is -2.46. The Balaban J connectivity index is 0.000000182. The number of amides is 4. The van der Waals surface area contributed by atoms with Gasteiger partial charge in [-0.05, 0) is 84.6 Å². The number of hydrogen-bond donors (Lipinski definition) is 4. The van der Waals surface area contributed by atoms with Crippen molar-refractivity contribution in [2.75, 3.05) is 23.8 Å². The fraction of sp³-hybridized carbons (Fsp3) is 0.300. The summed E-state index contributed by atoms with van der Waals surface area (Å²) >= 11 is 0. The minimum Gasteiger partial charge on any atom is -0.396 e. The maximum Gasteiger partial charge on any atom is 0.258 e. The number of aliphatic hydroxyl groups is 2. The number of fused-ring (bicyclic) bond motifs is 6. The molecule has 2 aromatic heterocycles. The van der Waals surface area contributed by atoms with Crippen molar-refractivity contribution in [1.29, 1.82) is 0 Å². The van der Waals surface area contributed by atoms with Gasteiger partial charge in [-0.15, -0.1) is 0 Å². The Bertz CT molecular complexity index is 3010. The van der Waals surface area contributed by atoms with Crippen molar-refractivity contribution in [1.82, 2.24) is 18.9 Å². The van der Waals surface area contributed by atoms with Gasteiger partial charge in [-0.2, -0.15) is 0 Å². The van der Waals surface area contributed by atoms with Crippen molar-refractivity contribution in [2.24, 2.45) is 23.7 Å². The number of hydrogen-bond acceptors (Lipinski definition) is 8. The third-order valence-electron chi connectivity index (χ3n) is 15.1. The highest BCUT2D eigenvalue weighted by Gasteiger charge is 2.58. The molecule has 8 atom stereocenters. The third-order valence-corrected chi connectivity index (χ3v) is 15.1. The van der Waals surface area contributed by atoms with E-state index in [1.165, 1.54) is 0 Å². The molecule has 10 rings (SSSR count). The lowest BCUT2D eigenvalue weighted by Gasteiger charge is -2.30. The van der Waals surface area contributed by atoms with Crippen LogP contribution in [0.25, 0.3) is 34.4 Å². The summed E-state index contributed by atoms with van der Waals surface area (Å²) in [5, 5.41) is 26.7. The van der Waals surface area contributed by atoms with Gasteiger partial charge in [-0.1, -0.05) is 123 Å². The van der Waals surface area contributed by atoms with E-state index in [-0.39, 0.29) is 72.6 Å². The summed E-state index contributed by atoms with van der Waals surface area (Å²) in [6.07, 6.45) is 7.60. The van der Waals surface area contributed by atoms with Gasteiger partial charge in [-0.3, -0.25) is 28.8 Å². The van der Waals surface area contributed by atoms with Crippen molar-refractivity contribution < 1.29 is 29.4 Å². The summed E-state index contributed by atoms with van der Waals surface area (Å²) in [4.78, 5) is 83.0. The van der Waals surface area contributed by atoms with Crippen LogP contribution in [0.5, 0.6) is 0 Å². The molecule has 4 N–H and O–H groups in total. The number of carbonyl (C=O) groups excluding carboxylic acids is 4. The monoisotopic (exact) mass is 994 g/mol. The largest absolute Gasteiger partial charge is 0.396 e. The Morgan fingerprint density at radius 2 is 0.865 bits per heavy atom. The molecule has 4 aromatic carbocycles. The van der Waals surface area contributed by atoms with Crippen LogP contribution < -0.4 is 21.8 Å². The van der Waals surface area contributed by atoms with Crippen LogP contribution in [0.1, 0.15) is 75.1 Å². The molecule has 0 aliphatic carbocycles. The van der Waals surface area contributed by atoms with Gasteiger partial charge in [-0.25, -0.2) is 0 Å². The van der Waals surface area contributed by atoms with Gasteiger partial charge in [0.2, 0.25) is 23.6 Å². The molecule has 2 saturated heterocycles. The van der Waals surface area contributed by atoms with E-state index in [2.05, 4.69) is 10.6 Å². The van der Waals surface area contributed by atoms with Crippen molar-refractivity contribution in [3.63, 3.8) is 0 Å². The maximum absolute atomic E-state index is 13.6. The highest BCUT2D eigenvalue weighted by atomic mass is 16.3. The van der Waals surface area contributed by atoms with E-state index in [1.807, 2.05) is 147 Å². The van der Waals surface area contributed by atoms with Crippen LogP contribution in [-0.4, -0.2) is 78.1 Å². The number of carbonyl (C=O) groups is 4. The van der Waals surface area contributed by atoms with Crippen molar-refractivity contribution in [3.05, 3.63) is 189 Å². The predicted molar refractivity (Wildman–Crippen MR) is 287 cm³/mol. The third kappa shape index (κ3) is 9.46. The first-order valence-electron chi connectivity index (χ1n) is 25.5. The number of anilines is 2. The lowest BCUT2D eigenvalue weighted by molar-refractivity contribution is -0.139. The molecule has 14 nitrogen and oxygen atoms in total. The van der Waals surface area contributed by atoms with Gasteiger partial charge in [0.15, 0.2) is 0 Å². The fourth-order valence-corrected chi connectivity index (χ4v) is 11.7. The molecule has 0 unspecified atom stereocenters. The molecule has 4 aliphatic rings. The van der Waals surface area contributed by atoms with Crippen LogP contribution >= 0.6 is 0 Å². The average Bonchev–Trinajstić information content (AvgIpc) is 4.18. The molecule has 74 heavy (non-hydrogen) atoms. The molecule has 2 fully saturated rings. The number of rotatable bonds is 12. The zero-order chi connectivity index (χ0) is 52.2. The highest BCUT2D eigenvalue weighted by Crippen LogP contribution is 2.51. The summed E-state index contributed by atoms with van der Waals surface area (Å²) in [6, 6.07) is 39.8. The van der Waals surface area contributed by atoms with Gasteiger partial charge >= 0.3 is 0 Å². The van der Waals surface area contributed by atoms with Gasteiger partial charge in [0.1, 0.15) is 12.1 Å². The second-order valence-corrected chi connectivity index (χ2v) is 19.2. The van der Waals surface area contributed by atoms with E-state index in [1.54, 1.807) is 57.1 Å². The molecular formula is C60H62N6O8. The van der Waals surface area contributed by atoms with Crippen LogP contribution in [0, 0.1) is 23.7 Å². The molecule has 4 amide bonds. The molecular weight excluding hydrogens is 933 g/mol. The topological polar surface area (TPSA) is 183 Å². The van der Waals surface area contributed by atoms with E-state index in [9.17, 15) is 39.0 Å². The minimum atomic E-state index is -0.833. The van der Waals surface area contributed by atoms with Gasteiger partial charge < -0.3 is 39.8 Å². The Kier molecular flexibility index (Phi) is 15.2. The first kappa shape index (κ1) is 51.0. The zero-order valence-electron chi connectivity index (χ0n) is 42.0. The molecule has 6 heterocycles. The second-order valence-electron chi connectivity index (χ2n) is 19.2. The van der Waals surface area contributed by atoms with Gasteiger partial charge in [0.05, 0.1) is 12.1 Å². The van der Waals surface area contributed by atoms with Crippen LogP contribution in [0.15, 0.2) is 155 Å². The molecule has 0 saturated carbocycles. The van der Waals surface area contributed by atoms with E-state index in [4.69, 9.17) is 0 Å². The molecule has 0 spiro atoms. The Morgan fingerprint density at radius 3 is 1.19 bits per heavy atom. The quantitative estimate of drug-likeness (QED) is 0.0947. The second kappa shape index (κ2) is 22.0. The first-order chi connectivity index (χ1) is 36.0. The van der Waals surface area contributed by atoms with Crippen LogP contribution in [0.4, 0.5) is 11.4 Å². The van der Waals surface area contributed by atoms with Crippen molar-refractivity contribution in [2.45, 2.75) is 77.8 Å². The Labute approximate surface area is 430 Å². The number of aliphatic hydroxyl groups excluding tert-OH is 2. The maximum atomic E-state index is 13.6. The summed E-state index contributed by atoms with van der Waals surface area (Å²) < 4.78 is 3.39. The number of likely N-dealkylation sites (tertiary alicyclic amines) is 2. The molecule has 0 bridgehead atoms. The summed E-state index contributed by atoms with van der Waals surface area (Å²) in [7, 11) is 0. The number of nitrogens with zero attached hydrogens (tertiary/aromatic N) is 4. The number of nitrogens with one attached hydrogen (secondary N) is 2. The SMILES string of the molecule is C/C=C/c1ccc2n(c1=O)C[C@@H]1[C@@H](CO)[C@H](C(=O)Nc3ccc(-c4ccccc4)cc3)N(C(=O)CC)[C@H]21.C/C=C\c1ccc2n(c1=O)C[C@@H]1[C@@H](CO)[C@H](C(=O)Nc3ccc(-c4ccccc4)cc3)N(C(=O)CC)[C@H]21. The number of benzene rings is 4. The minimum absolute atomic E-state index is 0.120. The lowest BCUT2D eigenvalue weighted by Crippen LogP contribution is -2.48. The number of pyridine rings is 2. The lowest BCUT2D eigenvalue weighted by atomic mass is 9.88. The highest BCUT2D eigenvalue weighted by molar-refractivity contribution is 5.99. The van der Waals surface area contributed by atoms with Crippen LogP contribution in [0.2, 0.25) is 0 Å². The normalized spacial score (nSPS) is 22.2. The average molecular weight is 995 g/mol. The molecule has 380 valence electrons. The van der Waals surface area contributed by atoms with Crippen LogP contribution in [0.3, 0.4) is 0 Å². The number of aromatic nitrogens is 2. The molecule has 6 aromatic rings. The first-order valence-corrected chi connectivity index (χ1v) is 25.5. The van der Waals surface area contributed by atoms with Crippen LogP contribution in [-0.2, 0) is 32.3 Å². The molecule has 4 aliphatic heterocycles. The van der Waals surface area contributed by atoms with E-state index >= 15 is 0 Å². The Hall–Kier alpha value is -7.94. The molecule has 0 radical (unpaired) electrons. The summed E-state index contributed by atoms with van der Waals surface area (Å²) in [6.45, 7) is 7.43. The molecule has 14 heteroatoms. The van der Waals surface area contributed by atoms with E-state index < -0.39 is 36.0 Å².